The Morgan fingerprint density at radius 3 is 2.75 bits per heavy atom. The number of aromatic nitrogens is 2. The minimum absolute atomic E-state index is 0. The molecular formula is C7H12ClN3O. The number of rotatable bonds is 1. The Morgan fingerprint density at radius 1 is 1.42 bits per heavy atom. The number of hydrogen-bond acceptors (Lipinski definition) is 4. The van der Waals surface area contributed by atoms with Crippen molar-refractivity contribution < 1.29 is 4.42 Å². The molecule has 0 aliphatic carbocycles. The molecule has 1 aromatic rings. The van der Waals surface area contributed by atoms with E-state index in [0.717, 1.165) is 31.8 Å². The fraction of sp³-hybridized carbons (Fsp3) is 0.714. The van der Waals surface area contributed by atoms with Gasteiger partial charge in [0.1, 0.15) is 0 Å². The van der Waals surface area contributed by atoms with Gasteiger partial charge in [-0.2, -0.15) is 0 Å². The normalized spacial score (nSPS) is 18.7. The molecule has 2 rings (SSSR count). The van der Waals surface area contributed by atoms with Crippen molar-refractivity contribution in [2.24, 2.45) is 0 Å². The summed E-state index contributed by atoms with van der Waals surface area (Å²) in [5.41, 5.74) is 0. The zero-order chi connectivity index (χ0) is 7.52. The van der Waals surface area contributed by atoms with Crippen molar-refractivity contribution in [3.05, 3.63) is 12.3 Å². The van der Waals surface area contributed by atoms with Gasteiger partial charge in [0.25, 0.3) is 0 Å². The highest BCUT2D eigenvalue weighted by molar-refractivity contribution is 5.85. The highest BCUT2D eigenvalue weighted by Crippen LogP contribution is 2.22. The van der Waals surface area contributed by atoms with Crippen LogP contribution < -0.4 is 5.32 Å². The van der Waals surface area contributed by atoms with Gasteiger partial charge in [-0.25, -0.2) is 0 Å². The van der Waals surface area contributed by atoms with Crippen molar-refractivity contribution in [1.82, 2.24) is 15.5 Å². The molecule has 0 spiro atoms. The first-order chi connectivity index (χ1) is 5.47. The van der Waals surface area contributed by atoms with Crippen molar-refractivity contribution in [3.63, 3.8) is 0 Å². The molecule has 0 saturated carbocycles. The largest absolute Gasteiger partial charge is 0.428 e. The summed E-state index contributed by atoms with van der Waals surface area (Å²) in [6, 6.07) is 0. The first-order valence-electron chi connectivity index (χ1n) is 3.93. The van der Waals surface area contributed by atoms with Gasteiger partial charge in [-0.15, -0.1) is 22.6 Å². The van der Waals surface area contributed by atoms with Gasteiger partial charge in [0.2, 0.25) is 12.3 Å². The Morgan fingerprint density at radius 2 is 2.17 bits per heavy atom. The van der Waals surface area contributed by atoms with E-state index in [9.17, 15) is 0 Å². The van der Waals surface area contributed by atoms with Gasteiger partial charge in [0.15, 0.2) is 0 Å². The van der Waals surface area contributed by atoms with Crippen LogP contribution in [0.2, 0.25) is 0 Å². The second-order valence-corrected chi connectivity index (χ2v) is 2.80. The topological polar surface area (TPSA) is 51.0 Å². The highest BCUT2D eigenvalue weighted by Gasteiger charge is 2.18. The van der Waals surface area contributed by atoms with Crippen molar-refractivity contribution >= 4 is 12.4 Å². The van der Waals surface area contributed by atoms with E-state index in [4.69, 9.17) is 4.42 Å². The molecule has 12 heavy (non-hydrogen) atoms. The molecule has 0 aromatic carbocycles. The van der Waals surface area contributed by atoms with E-state index in [1.54, 1.807) is 0 Å². The van der Waals surface area contributed by atoms with Crippen molar-refractivity contribution in [1.29, 1.82) is 0 Å². The quantitative estimate of drug-likeness (QED) is 0.715. The predicted octanol–water partition coefficient (Wildman–Crippen LogP) is 0.958. The van der Waals surface area contributed by atoms with Crippen LogP contribution in [0.25, 0.3) is 0 Å². The number of nitrogens with one attached hydrogen (secondary N) is 1. The average molecular weight is 190 g/mol. The smallest absolute Gasteiger partial charge is 0.219 e. The molecule has 68 valence electrons. The number of hydrogen-bond donors (Lipinski definition) is 1. The van der Waals surface area contributed by atoms with Crippen LogP contribution in [0.3, 0.4) is 0 Å². The molecular weight excluding hydrogens is 178 g/mol. The Kier molecular flexibility index (Phi) is 3.49. The lowest BCUT2D eigenvalue weighted by Gasteiger charge is -2.18. The molecule has 0 atom stereocenters. The summed E-state index contributed by atoms with van der Waals surface area (Å²) in [6.45, 7) is 2.13. The van der Waals surface area contributed by atoms with Gasteiger partial charge in [0, 0.05) is 5.92 Å². The van der Waals surface area contributed by atoms with E-state index < -0.39 is 0 Å². The van der Waals surface area contributed by atoms with Crippen LogP contribution in [-0.4, -0.2) is 23.3 Å². The molecule has 1 aromatic heterocycles. The molecule has 1 aliphatic rings. The van der Waals surface area contributed by atoms with E-state index in [0.29, 0.717) is 5.92 Å². The first-order valence-corrected chi connectivity index (χ1v) is 3.93. The molecule has 1 N–H and O–H groups in total. The molecule has 0 unspecified atom stereocenters. The van der Waals surface area contributed by atoms with Crippen LogP contribution in [0.15, 0.2) is 10.8 Å². The van der Waals surface area contributed by atoms with Crippen molar-refractivity contribution in [2.45, 2.75) is 18.8 Å². The number of nitrogens with zero attached hydrogens (tertiary/aromatic N) is 2. The van der Waals surface area contributed by atoms with Gasteiger partial charge in [0.05, 0.1) is 0 Å². The van der Waals surface area contributed by atoms with E-state index in [1.807, 2.05) is 0 Å². The molecule has 2 heterocycles. The maximum absolute atomic E-state index is 5.12. The fourth-order valence-corrected chi connectivity index (χ4v) is 1.43. The summed E-state index contributed by atoms with van der Waals surface area (Å²) in [4.78, 5) is 0. The highest BCUT2D eigenvalue weighted by atomic mass is 35.5. The Bertz CT molecular complexity index is 208. The molecule has 1 fully saturated rings. The summed E-state index contributed by atoms with van der Waals surface area (Å²) in [5.74, 6) is 1.28. The van der Waals surface area contributed by atoms with Crippen LogP contribution in [0.5, 0.6) is 0 Å². The van der Waals surface area contributed by atoms with Gasteiger partial charge in [-0.3, -0.25) is 0 Å². The molecule has 1 saturated heterocycles. The molecule has 5 heteroatoms. The van der Waals surface area contributed by atoms with Crippen molar-refractivity contribution in [3.8, 4) is 0 Å². The Labute approximate surface area is 77.2 Å². The molecule has 4 nitrogen and oxygen atoms in total. The zero-order valence-electron chi connectivity index (χ0n) is 6.69. The third-order valence-electron chi connectivity index (χ3n) is 2.07. The van der Waals surface area contributed by atoms with Gasteiger partial charge in [-0.1, -0.05) is 0 Å². The lowest BCUT2D eigenvalue weighted by molar-refractivity contribution is 0.374. The Balaban J connectivity index is 0.000000720. The lowest BCUT2D eigenvalue weighted by Crippen LogP contribution is -2.26. The maximum Gasteiger partial charge on any atom is 0.219 e. The summed E-state index contributed by atoms with van der Waals surface area (Å²) in [7, 11) is 0. The maximum atomic E-state index is 5.12. The third kappa shape index (κ3) is 1.95. The van der Waals surface area contributed by atoms with Crippen LogP contribution in [-0.2, 0) is 0 Å². The zero-order valence-corrected chi connectivity index (χ0v) is 7.51. The van der Waals surface area contributed by atoms with Crippen LogP contribution in [0.1, 0.15) is 24.7 Å². The van der Waals surface area contributed by atoms with E-state index in [1.165, 1.54) is 6.39 Å². The van der Waals surface area contributed by atoms with E-state index in [-0.39, 0.29) is 12.4 Å². The monoisotopic (exact) mass is 189 g/mol. The second kappa shape index (κ2) is 4.42. The fourth-order valence-electron chi connectivity index (χ4n) is 1.43. The first kappa shape index (κ1) is 9.48. The van der Waals surface area contributed by atoms with Gasteiger partial charge in [-0.05, 0) is 25.9 Å². The molecule has 0 amide bonds. The van der Waals surface area contributed by atoms with E-state index >= 15 is 0 Å². The molecule has 1 aliphatic heterocycles. The lowest BCUT2D eigenvalue weighted by atomic mass is 9.98. The number of halogens is 1. The number of piperidine rings is 1. The average Bonchev–Trinajstić information content (AvgIpc) is 2.58. The standard InChI is InChI=1S/C7H11N3O.ClH/c1-3-8-4-2-6(1)7-10-9-5-11-7;/h5-6,8H,1-4H2;1H. The summed E-state index contributed by atoms with van der Waals surface area (Å²) >= 11 is 0. The van der Waals surface area contributed by atoms with Crippen LogP contribution in [0, 0.1) is 0 Å². The summed E-state index contributed by atoms with van der Waals surface area (Å²) in [6.07, 6.45) is 3.63. The van der Waals surface area contributed by atoms with Gasteiger partial charge < -0.3 is 9.73 Å². The Hall–Kier alpha value is -0.610. The minimum Gasteiger partial charge on any atom is -0.428 e. The van der Waals surface area contributed by atoms with E-state index in [2.05, 4.69) is 15.5 Å². The van der Waals surface area contributed by atoms with Crippen LogP contribution >= 0.6 is 12.4 Å². The molecule has 0 radical (unpaired) electrons. The minimum atomic E-state index is 0. The van der Waals surface area contributed by atoms with Crippen molar-refractivity contribution in [2.75, 3.05) is 13.1 Å². The van der Waals surface area contributed by atoms with Gasteiger partial charge >= 0.3 is 0 Å². The SMILES string of the molecule is Cl.c1nnc(C2CCNCC2)o1. The molecule has 0 bridgehead atoms. The summed E-state index contributed by atoms with van der Waals surface area (Å²) in [5, 5.41) is 10.8. The van der Waals surface area contributed by atoms with Crippen LogP contribution in [0.4, 0.5) is 0 Å². The summed E-state index contributed by atoms with van der Waals surface area (Å²) < 4.78 is 5.12. The predicted molar refractivity (Wildman–Crippen MR) is 46.4 cm³/mol. The second-order valence-electron chi connectivity index (χ2n) is 2.80. The third-order valence-corrected chi connectivity index (χ3v) is 2.07.